The van der Waals surface area contributed by atoms with Crippen LogP contribution >= 0.6 is 0 Å². The first kappa shape index (κ1) is 22.5. The predicted octanol–water partition coefficient (Wildman–Crippen LogP) is 4.15. The number of hydrogen-bond acceptors (Lipinski definition) is 4. The van der Waals surface area contributed by atoms with Crippen LogP contribution in [0.25, 0.3) is 0 Å². The highest BCUT2D eigenvalue weighted by Crippen LogP contribution is 2.26. The molecule has 5 heteroatoms. The minimum Gasteiger partial charge on any atom is -0.379 e. The van der Waals surface area contributed by atoms with Gasteiger partial charge in [-0.25, -0.2) is 0 Å². The summed E-state index contributed by atoms with van der Waals surface area (Å²) in [6.45, 7) is 11.4. The van der Waals surface area contributed by atoms with Crippen LogP contribution in [0.2, 0.25) is 0 Å². The van der Waals surface area contributed by atoms with Crippen LogP contribution in [-0.4, -0.2) is 43.2 Å². The van der Waals surface area contributed by atoms with Crippen LogP contribution in [0.1, 0.15) is 49.8 Å². The zero-order valence-electron chi connectivity index (χ0n) is 18.5. The second kappa shape index (κ2) is 11.3. The van der Waals surface area contributed by atoms with E-state index in [2.05, 4.69) is 59.7 Å². The average molecular weight is 410 g/mol. The molecule has 1 aliphatic rings. The molecule has 2 aromatic carbocycles. The van der Waals surface area contributed by atoms with Gasteiger partial charge in [0.25, 0.3) is 0 Å². The normalized spacial score (nSPS) is 16.8. The molecular formula is C25H35N3O2. The Kier molecular flexibility index (Phi) is 8.43. The van der Waals surface area contributed by atoms with Crippen LogP contribution in [-0.2, 0) is 22.6 Å². The number of carbonyl (C=O) groups is 1. The van der Waals surface area contributed by atoms with Crippen LogP contribution in [0, 0.1) is 0 Å². The molecule has 3 rings (SSSR count). The van der Waals surface area contributed by atoms with Crippen molar-refractivity contribution in [3.05, 3.63) is 65.2 Å². The molecule has 0 spiro atoms. The van der Waals surface area contributed by atoms with Crippen molar-refractivity contribution >= 4 is 11.6 Å². The smallest absolute Gasteiger partial charge is 0.241 e. The second-order valence-corrected chi connectivity index (χ2v) is 8.15. The number of morpholine rings is 1. The zero-order chi connectivity index (χ0) is 21.3. The number of para-hydroxylation sites is 1. The van der Waals surface area contributed by atoms with Crippen molar-refractivity contribution in [2.45, 2.75) is 52.2 Å². The highest BCUT2D eigenvalue weighted by Gasteiger charge is 2.17. The van der Waals surface area contributed by atoms with Crippen molar-refractivity contribution < 1.29 is 9.53 Å². The van der Waals surface area contributed by atoms with Crippen molar-refractivity contribution in [3.63, 3.8) is 0 Å². The van der Waals surface area contributed by atoms with Crippen LogP contribution in [0.3, 0.4) is 0 Å². The van der Waals surface area contributed by atoms with Crippen LogP contribution < -0.4 is 10.6 Å². The highest BCUT2D eigenvalue weighted by molar-refractivity contribution is 5.95. The van der Waals surface area contributed by atoms with Crippen molar-refractivity contribution in [1.82, 2.24) is 10.2 Å². The molecule has 1 heterocycles. The molecule has 2 aromatic rings. The summed E-state index contributed by atoms with van der Waals surface area (Å²) in [6.07, 6.45) is 1.04. The van der Waals surface area contributed by atoms with Crippen molar-refractivity contribution in [1.29, 1.82) is 0 Å². The summed E-state index contributed by atoms with van der Waals surface area (Å²) >= 11 is 0. The average Bonchev–Trinajstić information content (AvgIpc) is 2.78. The van der Waals surface area contributed by atoms with Crippen molar-refractivity contribution in [3.8, 4) is 0 Å². The van der Waals surface area contributed by atoms with E-state index in [-0.39, 0.29) is 11.9 Å². The number of amides is 1. The van der Waals surface area contributed by atoms with Gasteiger partial charge >= 0.3 is 0 Å². The van der Waals surface area contributed by atoms with Gasteiger partial charge < -0.3 is 15.4 Å². The van der Waals surface area contributed by atoms with Crippen LogP contribution in [0.4, 0.5) is 5.69 Å². The van der Waals surface area contributed by atoms with E-state index in [0.29, 0.717) is 12.5 Å². The fourth-order valence-electron chi connectivity index (χ4n) is 3.74. The molecule has 2 atom stereocenters. The molecule has 2 N–H and O–H groups in total. The topological polar surface area (TPSA) is 53.6 Å². The molecule has 1 fully saturated rings. The quantitative estimate of drug-likeness (QED) is 0.653. The van der Waals surface area contributed by atoms with Crippen molar-refractivity contribution in [2.24, 2.45) is 0 Å². The van der Waals surface area contributed by atoms with Crippen molar-refractivity contribution in [2.75, 3.05) is 31.6 Å². The van der Waals surface area contributed by atoms with Gasteiger partial charge in [-0.1, -0.05) is 56.3 Å². The first-order chi connectivity index (χ1) is 14.6. The standard InChI is InChI=1S/C25H35N3O2/c1-4-19(2)23-11-7-8-12-24(23)27-25(29)20(3)26-17-21-9-5-6-10-22(21)18-28-13-15-30-16-14-28/h5-12,19-20,26H,4,13-18H2,1-3H3,(H,27,29). The summed E-state index contributed by atoms with van der Waals surface area (Å²) in [7, 11) is 0. The highest BCUT2D eigenvalue weighted by atomic mass is 16.5. The maximum atomic E-state index is 12.8. The lowest BCUT2D eigenvalue weighted by Gasteiger charge is -2.27. The summed E-state index contributed by atoms with van der Waals surface area (Å²) in [4.78, 5) is 15.2. The van der Waals surface area contributed by atoms with Gasteiger partial charge in [0.15, 0.2) is 0 Å². The van der Waals surface area contributed by atoms with Crippen LogP contribution in [0.15, 0.2) is 48.5 Å². The number of rotatable bonds is 9. The molecule has 30 heavy (non-hydrogen) atoms. The number of ether oxygens (including phenoxy) is 1. The van der Waals surface area contributed by atoms with E-state index in [1.165, 1.54) is 16.7 Å². The number of hydrogen-bond donors (Lipinski definition) is 2. The van der Waals surface area contributed by atoms with E-state index in [0.717, 1.165) is 45.0 Å². The molecular weight excluding hydrogens is 374 g/mol. The van der Waals surface area contributed by atoms with Gasteiger partial charge in [0, 0.05) is 31.9 Å². The first-order valence-electron chi connectivity index (χ1n) is 11.1. The molecule has 2 unspecified atom stereocenters. The van der Waals surface area contributed by atoms with Gasteiger partial charge in [0.05, 0.1) is 19.3 Å². The summed E-state index contributed by atoms with van der Waals surface area (Å²) in [5, 5.41) is 6.52. The Morgan fingerprint density at radius 1 is 1.03 bits per heavy atom. The minimum atomic E-state index is -0.286. The lowest BCUT2D eigenvalue weighted by molar-refractivity contribution is -0.117. The molecule has 1 aliphatic heterocycles. The fourth-order valence-corrected chi connectivity index (χ4v) is 3.74. The Morgan fingerprint density at radius 2 is 1.70 bits per heavy atom. The van der Waals surface area contributed by atoms with E-state index in [1.807, 2.05) is 25.1 Å². The van der Waals surface area contributed by atoms with Gasteiger partial charge in [-0.05, 0) is 42.0 Å². The second-order valence-electron chi connectivity index (χ2n) is 8.15. The SMILES string of the molecule is CCC(C)c1ccccc1NC(=O)C(C)NCc1ccccc1CN1CCOCC1. The number of nitrogens with zero attached hydrogens (tertiary/aromatic N) is 1. The lowest BCUT2D eigenvalue weighted by Crippen LogP contribution is -2.38. The summed E-state index contributed by atoms with van der Waals surface area (Å²) in [5.41, 5.74) is 4.65. The summed E-state index contributed by atoms with van der Waals surface area (Å²) < 4.78 is 5.45. The van der Waals surface area contributed by atoms with Gasteiger partial charge in [-0.3, -0.25) is 9.69 Å². The Hall–Kier alpha value is -2.21. The van der Waals surface area contributed by atoms with Crippen LogP contribution in [0.5, 0.6) is 0 Å². The number of anilines is 1. The maximum absolute atomic E-state index is 12.8. The van der Waals surface area contributed by atoms with Gasteiger partial charge in [0.2, 0.25) is 5.91 Å². The fraction of sp³-hybridized carbons (Fsp3) is 0.480. The largest absolute Gasteiger partial charge is 0.379 e. The predicted molar refractivity (Wildman–Crippen MR) is 123 cm³/mol. The Morgan fingerprint density at radius 3 is 2.43 bits per heavy atom. The number of benzene rings is 2. The summed E-state index contributed by atoms with van der Waals surface area (Å²) in [6, 6.07) is 16.3. The van der Waals surface area contributed by atoms with E-state index < -0.39 is 0 Å². The maximum Gasteiger partial charge on any atom is 0.241 e. The Labute approximate surface area is 180 Å². The molecule has 5 nitrogen and oxygen atoms in total. The molecule has 0 saturated carbocycles. The third kappa shape index (κ3) is 6.14. The van der Waals surface area contributed by atoms with E-state index >= 15 is 0 Å². The minimum absolute atomic E-state index is 0.00332. The Balaban J connectivity index is 1.58. The summed E-state index contributed by atoms with van der Waals surface area (Å²) in [5.74, 6) is 0.410. The third-order valence-corrected chi connectivity index (χ3v) is 5.97. The zero-order valence-corrected chi connectivity index (χ0v) is 18.5. The van der Waals surface area contributed by atoms with E-state index in [9.17, 15) is 4.79 Å². The first-order valence-corrected chi connectivity index (χ1v) is 11.1. The monoisotopic (exact) mass is 409 g/mol. The molecule has 162 valence electrons. The van der Waals surface area contributed by atoms with Gasteiger partial charge in [-0.15, -0.1) is 0 Å². The van der Waals surface area contributed by atoms with Gasteiger partial charge in [-0.2, -0.15) is 0 Å². The van der Waals surface area contributed by atoms with Gasteiger partial charge in [0.1, 0.15) is 0 Å². The molecule has 0 radical (unpaired) electrons. The molecule has 1 saturated heterocycles. The number of carbonyl (C=O) groups excluding carboxylic acids is 1. The lowest BCUT2D eigenvalue weighted by atomic mass is 9.97. The molecule has 0 bridgehead atoms. The van der Waals surface area contributed by atoms with E-state index in [4.69, 9.17) is 4.74 Å². The molecule has 0 aliphatic carbocycles. The molecule has 0 aromatic heterocycles. The van der Waals surface area contributed by atoms with E-state index in [1.54, 1.807) is 0 Å². The Bertz CT molecular complexity index is 818. The third-order valence-electron chi connectivity index (χ3n) is 5.97. The molecule has 1 amide bonds. The number of nitrogens with one attached hydrogen (secondary N) is 2.